The Labute approximate surface area is 234 Å². The molecule has 0 atom stereocenters. The van der Waals surface area contributed by atoms with Gasteiger partial charge in [0.1, 0.15) is 11.6 Å². The van der Waals surface area contributed by atoms with Gasteiger partial charge in [-0.05, 0) is 66.7 Å². The van der Waals surface area contributed by atoms with E-state index in [-0.39, 0.29) is 5.41 Å². The third-order valence-electron chi connectivity index (χ3n) is 8.01. The van der Waals surface area contributed by atoms with Crippen LogP contribution in [0.3, 0.4) is 0 Å². The van der Waals surface area contributed by atoms with E-state index in [9.17, 15) is 0 Å². The van der Waals surface area contributed by atoms with Crippen molar-refractivity contribution in [1.82, 2.24) is 15.3 Å². The molecular formula is C29H33ClN6OS. The molecule has 2 aromatic carbocycles. The third-order valence-corrected chi connectivity index (χ3v) is 8.51. The van der Waals surface area contributed by atoms with Crippen LogP contribution in [0.2, 0.25) is 5.02 Å². The molecule has 0 bridgehead atoms. The average molecular weight is 549 g/mol. The fourth-order valence-corrected chi connectivity index (χ4v) is 6.06. The van der Waals surface area contributed by atoms with Crippen molar-refractivity contribution in [2.75, 3.05) is 48.0 Å². The molecule has 0 spiro atoms. The van der Waals surface area contributed by atoms with Crippen molar-refractivity contribution >= 4 is 46.5 Å². The van der Waals surface area contributed by atoms with Gasteiger partial charge in [0.05, 0.1) is 0 Å². The molecule has 2 fully saturated rings. The number of fused-ring (bicyclic) bond motifs is 1. The topological polar surface area (TPSA) is 65.6 Å². The van der Waals surface area contributed by atoms with Gasteiger partial charge in [-0.15, -0.1) is 0 Å². The van der Waals surface area contributed by atoms with E-state index in [0.717, 1.165) is 68.9 Å². The summed E-state index contributed by atoms with van der Waals surface area (Å²) >= 11 is 11.9. The van der Waals surface area contributed by atoms with Crippen molar-refractivity contribution in [3.05, 3.63) is 76.3 Å². The first-order valence-electron chi connectivity index (χ1n) is 13.4. The van der Waals surface area contributed by atoms with Crippen LogP contribution in [-0.4, -0.2) is 47.9 Å². The van der Waals surface area contributed by atoms with Crippen LogP contribution in [0.1, 0.15) is 42.4 Å². The third kappa shape index (κ3) is 5.44. The number of hydrogen-bond acceptors (Lipinski definition) is 6. The zero-order valence-corrected chi connectivity index (χ0v) is 23.0. The van der Waals surface area contributed by atoms with Gasteiger partial charge in [0, 0.05) is 62.4 Å². The molecule has 0 saturated carbocycles. The minimum atomic E-state index is -0.0701. The number of benzene rings is 2. The highest BCUT2D eigenvalue weighted by Crippen LogP contribution is 2.35. The highest BCUT2D eigenvalue weighted by molar-refractivity contribution is 7.80. The van der Waals surface area contributed by atoms with Gasteiger partial charge in [-0.25, -0.2) is 0 Å². The molecule has 3 aromatic rings. The van der Waals surface area contributed by atoms with Crippen LogP contribution in [0.25, 0.3) is 0 Å². The first kappa shape index (κ1) is 25.3. The summed E-state index contributed by atoms with van der Waals surface area (Å²) in [5.41, 5.74) is 3.89. The van der Waals surface area contributed by atoms with Gasteiger partial charge in [0.25, 0.3) is 0 Å². The lowest BCUT2D eigenvalue weighted by atomic mass is 9.74. The van der Waals surface area contributed by atoms with Gasteiger partial charge >= 0.3 is 0 Å². The number of rotatable bonds is 6. The quantitative estimate of drug-likeness (QED) is 0.403. The second-order valence-corrected chi connectivity index (χ2v) is 11.3. The number of halogens is 1. The fraction of sp³-hybridized carbons (Fsp3) is 0.414. The van der Waals surface area contributed by atoms with Crippen molar-refractivity contribution < 1.29 is 4.74 Å². The molecule has 0 unspecified atom stereocenters. The van der Waals surface area contributed by atoms with Crippen molar-refractivity contribution in [1.29, 1.82) is 0 Å². The number of thiocarbonyl (C=S) groups is 1. The molecule has 7 nitrogen and oxygen atoms in total. The summed E-state index contributed by atoms with van der Waals surface area (Å²) < 4.78 is 5.69. The number of aromatic nitrogens is 2. The van der Waals surface area contributed by atoms with Crippen LogP contribution in [0.5, 0.6) is 0 Å². The lowest BCUT2D eigenvalue weighted by Crippen LogP contribution is -2.45. The average Bonchev–Trinajstić information content (AvgIpc) is 3.63. The highest BCUT2D eigenvalue weighted by atomic mass is 35.5. The molecule has 2 saturated heterocycles. The van der Waals surface area contributed by atoms with E-state index in [1.165, 1.54) is 29.5 Å². The Balaban J connectivity index is 1.19. The summed E-state index contributed by atoms with van der Waals surface area (Å²) in [6.07, 6.45) is 4.22. The molecule has 38 heavy (non-hydrogen) atoms. The van der Waals surface area contributed by atoms with Crippen molar-refractivity contribution in [3.8, 4) is 0 Å². The minimum Gasteiger partial charge on any atom is -0.381 e. The first-order valence-corrected chi connectivity index (χ1v) is 14.2. The van der Waals surface area contributed by atoms with Gasteiger partial charge < -0.3 is 25.2 Å². The minimum absolute atomic E-state index is 0.0701. The van der Waals surface area contributed by atoms with E-state index in [1.54, 1.807) is 0 Å². The Morgan fingerprint density at radius 3 is 2.21 bits per heavy atom. The molecule has 2 N–H and O–H groups in total. The van der Waals surface area contributed by atoms with E-state index in [1.807, 2.05) is 12.1 Å². The van der Waals surface area contributed by atoms with E-state index in [2.05, 4.69) is 62.9 Å². The second-order valence-electron chi connectivity index (χ2n) is 10.4. The number of nitrogens with one attached hydrogen (secondary N) is 2. The van der Waals surface area contributed by atoms with E-state index in [4.69, 9.17) is 38.5 Å². The van der Waals surface area contributed by atoms with Gasteiger partial charge in [-0.1, -0.05) is 48.0 Å². The summed E-state index contributed by atoms with van der Waals surface area (Å²) in [6, 6.07) is 18.9. The zero-order chi connectivity index (χ0) is 26.0. The lowest BCUT2D eigenvalue weighted by Gasteiger charge is -2.38. The van der Waals surface area contributed by atoms with Gasteiger partial charge in [0.2, 0.25) is 5.95 Å². The predicted octanol–water partition coefficient (Wildman–Crippen LogP) is 5.29. The first-order chi connectivity index (χ1) is 18.6. The SMILES string of the molecule is S=C(NCC1(c2ccc(Cl)cc2)CCOCC1)Nc1nc(N2CCCC2)cc(N2Cc3ccccc3C2)n1. The van der Waals surface area contributed by atoms with Crippen LogP contribution in [-0.2, 0) is 23.2 Å². The Morgan fingerprint density at radius 2 is 1.55 bits per heavy atom. The molecule has 3 aliphatic heterocycles. The molecule has 0 radical (unpaired) electrons. The summed E-state index contributed by atoms with van der Waals surface area (Å²) in [5.74, 6) is 2.41. The number of anilines is 3. The highest BCUT2D eigenvalue weighted by Gasteiger charge is 2.34. The molecule has 9 heteroatoms. The van der Waals surface area contributed by atoms with Gasteiger partial charge in [0.15, 0.2) is 5.11 Å². The Hall–Kier alpha value is -2.94. The van der Waals surface area contributed by atoms with Crippen LogP contribution >= 0.6 is 23.8 Å². The van der Waals surface area contributed by atoms with Crippen molar-refractivity contribution in [2.45, 2.75) is 44.2 Å². The molecule has 0 amide bonds. The maximum absolute atomic E-state index is 6.17. The molecular weight excluding hydrogens is 516 g/mol. The number of ether oxygens (including phenoxy) is 1. The summed E-state index contributed by atoms with van der Waals surface area (Å²) in [5, 5.41) is 8.04. The predicted molar refractivity (Wildman–Crippen MR) is 157 cm³/mol. The summed E-state index contributed by atoms with van der Waals surface area (Å²) in [6.45, 7) is 5.89. The zero-order valence-electron chi connectivity index (χ0n) is 21.5. The van der Waals surface area contributed by atoms with E-state index < -0.39 is 0 Å². The Morgan fingerprint density at radius 1 is 0.921 bits per heavy atom. The normalized spacial score (nSPS) is 18.3. The summed E-state index contributed by atoms with van der Waals surface area (Å²) in [7, 11) is 0. The summed E-state index contributed by atoms with van der Waals surface area (Å²) in [4.78, 5) is 14.4. The molecule has 3 aliphatic rings. The van der Waals surface area contributed by atoms with Crippen LogP contribution in [0, 0.1) is 0 Å². The van der Waals surface area contributed by atoms with Crippen LogP contribution in [0.15, 0.2) is 54.6 Å². The maximum atomic E-state index is 6.17. The standard InChI is InChI=1S/C29H33ClN6OS/c30-24-9-7-23(8-10-24)29(11-15-37-16-12-29)20-31-28(38)34-27-32-25(35-13-3-4-14-35)17-26(33-27)36-18-21-5-1-2-6-22(21)19-36/h1-2,5-10,17H,3-4,11-16,18-20H2,(H2,31,32,33,34,38). The molecule has 198 valence electrons. The van der Waals surface area contributed by atoms with Crippen molar-refractivity contribution in [2.24, 2.45) is 0 Å². The molecule has 4 heterocycles. The largest absolute Gasteiger partial charge is 0.381 e. The van der Waals surface area contributed by atoms with Gasteiger partial charge in [-0.3, -0.25) is 0 Å². The Bertz CT molecular complexity index is 1270. The van der Waals surface area contributed by atoms with Crippen molar-refractivity contribution in [3.63, 3.8) is 0 Å². The fourth-order valence-electron chi connectivity index (χ4n) is 5.77. The Kier molecular flexibility index (Phi) is 7.37. The number of hydrogen-bond donors (Lipinski definition) is 2. The monoisotopic (exact) mass is 548 g/mol. The van der Waals surface area contributed by atoms with Crippen LogP contribution < -0.4 is 20.4 Å². The van der Waals surface area contributed by atoms with Crippen LogP contribution in [0.4, 0.5) is 17.6 Å². The molecule has 0 aliphatic carbocycles. The van der Waals surface area contributed by atoms with E-state index in [0.29, 0.717) is 17.6 Å². The second kappa shape index (κ2) is 11.0. The smallest absolute Gasteiger partial charge is 0.232 e. The number of nitrogens with zero attached hydrogens (tertiary/aromatic N) is 4. The van der Waals surface area contributed by atoms with Gasteiger partial charge in [-0.2, -0.15) is 9.97 Å². The molecule has 6 rings (SSSR count). The maximum Gasteiger partial charge on any atom is 0.232 e. The molecule has 1 aromatic heterocycles. The van der Waals surface area contributed by atoms with E-state index >= 15 is 0 Å². The lowest BCUT2D eigenvalue weighted by molar-refractivity contribution is 0.0515.